The highest BCUT2D eigenvalue weighted by Gasteiger charge is 2.49. The summed E-state index contributed by atoms with van der Waals surface area (Å²) < 4.78 is 36.7. The summed E-state index contributed by atoms with van der Waals surface area (Å²) >= 11 is 0. The third kappa shape index (κ3) is 35.9. The molecule has 9 rings (SSSR count). The van der Waals surface area contributed by atoms with Gasteiger partial charge in [-0.15, -0.1) is 0 Å². The first-order valence-corrected chi connectivity index (χ1v) is 52.2. The number of piperidine rings is 6. The first kappa shape index (κ1) is 110. The van der Waals surface area contributed by atoms with E-state index in [0.29, 0.717) is 141 Å². The van der Waals surface area contributed by atoms with E-state index in [9.17, 15) is 0 Å². The lowest BCUT2D eigenvalue weighted by Crippen LogP contribution is -2.63. The van der Waals surface area contributed by atoms with Gasteiger partial charge in [0.15, 0.2) is 0 Å². The van der Waals surface area contributed by atoms with Gasteiger partial charge in [0, 0.05) is 241 Å². The van der Waals surface area contributed by atoms with Crippen LogP contribution in [0.15, 0.2) is 0 Å². The van der Waals surface area contributed by atoms with E-state index in [2.05, 4.69) is 285 Å². The first-order chi connectivity index (χ1) is 61.9. The van der Waals surface area contributed by atoms with Gasteiger partial charge < -0.3 is 106 Å². The average Bonchev–Trinajstić information content (AvgIpc) is 0.773. The van der Waals surface area contributed by atoms with Crippen LogP contribution in [-0.2, 0) is 28.4 Å². The van der Waals surface area contributed by atoms with Crippen molar-refractivity contribution in [2.24, 2.45) is 5.92 Å². The summed E-state index contributed by atoms with van der Waals surface area (Å²) in [7, 11) is 0. The Hall–Kier alpha value is -5.25. The molecule has 30 nitrogen and oxygen atoms in total. The average molecular weight is 1850 g/mol. The van der Waals surface area contributed by atoms with Crippen LogP contribution < -0.4 is 77.3 Å². The first-order valence-electron chi connectivity index (χ1n) is 52.2. The normalized spacial score (nSPS) is 21.8. The smallest absolute Gasteiger partial charge is 0.232 e. The fourth-order valence-corrected chi connectivity index (χ4v) is 24.5. The molecule has 9 N–H and O–H groups in total. The lowest BCUT2D eigenvalue weighted by atomic mass is 9.79. The molecule has 9 heterocycles. The minimum absolute atomic E-state index is 0.120. The Bertz CT molecular complexity index is 3580. The molecule has 0 radical (unpaired) electrons. The minimum atomic E-state index is -0.139. The zero-order valence-electron chi connectivity index (χ0n) is 89.3. The maximum absolute atomic E-state index is 6.14. The topological polar surface area (TPSA) is 299 Å². The number of ether oxygens (including phenoxy) is 6. The van der Waals surface area contributed by atoms with Gasteiger partial charge in [0.25, 0.3) is 0 Å². The van der Waals surface area contributed by atoms with Gasteiger partial charge in [0.2, 0.25) is 53.5 Å². The van der Waals surface area contributed by atoms with Crippen molar-refractivity contribution in [1.82, 2.24) is 76.8 Å². The SMILES string of the molecule is CCOCCCN(c1nc(NCCCCC(CCCNc2nc(N(CCCOCC)C3CC(C)(C)NC(C)(C)C3)nc(N(CCCOCC)C3CC(C)(C)NC(C)(C)C3)n2)CNc2nc(N(CCCOCC)C3CC(C)(C)NC(C)(C)C3)nc(N(CCCOCC)C3CC(C)(C)NC(C)(C)C3)n2)nc(N(CCCOCC)C2CC(C)(C)NC(C)(C)C2)n1)C1CC(C)(C)NC(C)(C)C1. The summed E-state index contributed by atoms with van der Waals surface area (Å²) in [6.45, 7) is 83.1. The fraction of sp³-hybridized carbons (Fsp3) is 0.912. The van der Waals surface area contributed by atoms with Crippen LogP contribution >= 0.6 is 0 Å². The number of anilines is 9. The van der Waals surface area contributed by atoms with Crippen LogP contribution in [-0.4, -0.2) is 286 Å². The van der Waals surface area contributed by atoms with Gasteiger partial charge in [-0.2, -0.15) is 44.9 Å². The van der Waals surface area contributed by atoms with Crippen LogP contribution in [0.2, 0.25) is 0 Å². The minimum Gasteiger partial charge on any atom is -0.382 e. The summed E-state index contributed by atoms with van der Waals surface area (Å²) in [5, 5.41) is 35.9. The quantitative estimate of drug-likeness (QED) is 0.0237. The monoisotopic (exact) mass is 1850 g/mol. The predicted molar refractivity (Wildman–Crippen MR) is 548 cm³/mol. The van der Waals surface area contributed by atoms with E-state index in [1.807, 2.05) is 0 Å². The largest absolute Gasteiger partial charge is 0.382 e. The molecule has 3 aromatic heterocycles. The number of nitrogens with zero attached hydrogens (tertiary/aromatic N) is 15. The van der Waals surface area contributed by atoms with Crippen molar-refractivity contribution in [2.45, 2.75) is 458 Å². The van der Waals surface area contributed by atoms with Gasteiger partial charge in [-0.1, -0.05) is 6.42 Å². The third-order valence-electron chi connectivity index (χ3n) is 27.3. The van der Waals surface area contributed by atoms with E-state index in [-0.39, 0.29) is 109 Å². The van der Waals surface area contributed by atoms with Gasteiger partial charge in [-0.25, -0.2) is 0 Å². The number of hydrogen-bond donors (Lipinski definition) is 9. The zero-order valence-corrected chi connectivity index (χ0v) is 89.3. The zero-order chi connectivity index (χ0) is 96.8. The molecule has 0 saturated carbocycles. The summed E-state index contributed by atoms with van der Waals surface area (Å²) in [4.78, 5) is 65.9. The summed E-state index contributed by atoms with van der Waals surface area (Å²) in [5.41, 5.74) is -1.54. The highest BCUT2D eigenvalue weighted by molar-refractivity contribution is 5.51. The molecule has 0 spiro atoms. The summed E-state index contributed by atoms with van der Waals surface area (Å²) in [6.07, 6.45) is 20.7. The Morgan fingerprint density at radius 3 is 0.606 bits per heavy atom. The molecule has 6 fully saturated rings. The van der Waals surface area contributed by atoms with Crippen molar-refractivity contribution in [3.05, 3.63) is 0 Å². The van der Waals surface area contributed by atoms with E-state index < -0.39 is 0 Å². The lowest BCUT2D eigenvalue weighted by molar-refractivity contribution is 0.138. The van der Waals surface area contributed by atoms with E-state index in [1.54, 1.807) is 0 Å². The molecule has 6 aliphatic heterocycles. The van der Waals surface area contributed by atoms with Crippen molar-refractivity contribution in [2.75, 3.05) is 184 Å². The van der Waals surface area contributed by atoms with E-state index in [1.165, 1.54) is 0 Å². The molecule has 0 bridgehead atoms. The van der Waals surface area contributed by atoms with Crippen molar-refractivity contribution in [1.29, 1.82) is 0 Å². The van der Waals surface area contributed by atoms with Crippen molar-refractivity contribution in [3.63, 3.8) is 0 Å². The Morgan fingerprint density at radius 1 is 0.242 bits per heavy atom. The van der Waals surface area contributed by atoms with Crippen molar-refractivity contribution in [3.8, 4) is 0 Å². The Morgan fingerprint density at radius 2 is 0.417 bits per heavy atom. The standard InChI is InChI=1S/C102H194N24O6/c1-31-127-56-40-50-121(76-62-91(7,8)115-92(9,10)63-76)85-106-82(107-86(112-85)122(51-41-57-128-32-2)77-64-93(11,12)116-94(13,14)65-77)103-48-38-37-46-75(74-105-84-110-89(125(54-44-60-131-35-5)80-70-99(23,24)119-100(25,26)71-80)114-90(111-84)126(55-45-61-132-36-6)81-72-101(27,28)120-102(29,30)73-81)47-39-49-104-83-108-87(123(52-42-58-129-33-3)78-66-95(15,16)117-96(17,18)67-78)113-88(109-83)124(53-43-59-130-34-4)79-68-97(19,20)118-98(21,22)69-79/h75-81,115-120H,31-74H2,1-30H3,(H,103,106,107,112)(H,104,108,109,113)(H,105,110,111,114). The van der Waals surface area contributed by atoms with E-state index in [4.69, 9.17) is 73.3 Å². The summed E-state index contributed by atoms with van der Waals surface area (Å²) in [6, 6.07) is 0.924. The van der Waals surface area contributed by atoms with Crippen LogP contribution in [0.5, 0.6) is 0 Å². The molecular weight excluding hydrogens is 1660 g/mol. The van der Waals surface area contributed by atoms with Crippen molar-refractivity contribution < 1.29 is 28.4 Å². The molecule has 6 aliphatic rings. The second-order valence-corrected chi connectivity index (χ2v) is 47.7. The van der Waals surface area contributed by atoms with Gasteiger partial charge in [-0.05, 0) is 355 Å². The van der Waals surface area contributed by atoms with Crippen molar-refractivity contribution >= 4 is 53.5 Å². The molecule has 1 atom stereocenters. The van der Waals surface area contributed by atoms with Crippen LogP contribution in [0.1, 0.15) is 355 Å². The Kier molecular flexibility index (Phi) is 40.6. The molecule has 30 heteroatoms. The molecule has 6 saturated heterocycles. The maximum atomic E-state index is 6.14. The van der Waals surface area contributed by atoms with Gasteiger partial charge in [0.05, 0.1) is 0 Å². The number of unbranched alkanes of at least 4 members (excludes halogenated alkanes) is 1. The number of rotatable bonds is 56. The van der Waals surface area contributed by atoms with Crippen LogP contribution in [0.3, 0.4) is 0 Å². The van der Waals surface area contributed by atoms with Crippen LogP contribution in [0, 0.1) is 5.92 Å². The molecular formula is C102H194N24O6. The lowest BCUT2D eigenvalue weighted by Gasteiger charge is -2.50. The van der Waals surface area contributed by atoms with Crippen LogP contribution in [0.25, 0.3) is 0 Å². The molecule has 1 unspecified atom stereocenters. The number of aromatic nitrogens is 9. The third-order valence-corrected chi connectivity index (χ3v) is 27.3. The Balaban J connectivity index is 1.14. The van der Waals surface area contributed by atoms with Gasteiger partial charge in [-0.3, -0.25) is 0 Å². The second kappa shape index (κ2) is 48.6. The number of nitrogens with one attached hydrogen (secondary N) is 9. The highest BCUT2D eigenvalue weighted by atomic mass is 16.5. The Labute approximate surface area is 802 Å². The second-order valence-electron chi connectivity index (χ2n) is 47.7. The molecule has 0 amide bonds. The van der Waals surface area contributed by atoms with Gasteiger partial charge >= 0.3 is 0 Å². The number of hydrogen-bond acceptors (Lipinski definition) is 30. The molecule has 758 valence electrons. The maximum Gasteiger partial charge on any atom is 0.232 e. The molecule has 3 aromatic rings. The summed E-state index contributed by atoms with van der Waals surface area (Å²) in [5.74, 6) is 6.28. The molecule has 132 heavy (non-hydrogen) atoms. The molecule has 0 aromatic carbocycles. The highest BCUT2D eigenvalue weighted by Crippen LogP contribution is 2.43. The van der Waals surface area contributed by atoms with Crippen LogP contribution in [0.4, 0.5) is 53.5 Å². The molecule has 0 aliphatic carbocycles. The predicted octanol–water partition coefficient (Wildman–Crippen LogP) is 16.7. The fourth-order valence-electron chi connectivity index (χ4n) is 24.5. The van der Waals surface area contributed by atoms with E-state index in [0.717, 1.165) is 199 Å². The van der Waals surface area contributed by atoms with Gasteiger partial charge in [0.1, 0.15) is 0 Å². The van der Waals surface area contributed by atoms with E-state index >= 15 is 0 Å².